The van der Waals surface area contributed by atoms with Gasteiger partial charge in [-0.25, -0.2) is 0 Å². The van der Waals surface area contributed by atoms with Gasteiger partial charge in [-0.3, -0.25) is 14.4 Å². The van der Waals surface area contributed by atoms with Crippen LogP contribution in [-0.2, 0) is 37.6 Å². The molecular formula is C26H31NO9. The maximum atomic E-state index is 13.0. The number of esters is 1. The number of carboxylic acids is 1. The second-order valence-electron chi connectivity index (χ2n) is 10.5. The number of aliphatic carboxylic acids is 1. The van der Waals surface area contributed by atoms with Crippen LogP contribution in [0.2, 0.25) is 0 Å². The average molecular weight is 502 g/mol. The molecule has 2 heterocycles. The minimum Gasteiger partial charge on any atom is -0.481 e. The number of Topliss-reactive ketones (excluding diaryl/α,β-unsaturated/α-hetero) is 1. The van der Waals surface area contributed by atoms with E-state index < -0.39 is 53.3 Å². The van der Waals surface area contributed by atoms with E-state index in [0.29, 0.717) is 30.7 Å². The van der Waals surface area contributed by atoms with E-state index in [1.165, 1.54) is 6.92 Å². The Morgan fingerprint density at radius 3 is 2.72 bits per heavy atom. The number of rotatable bonds is 8. The molecule has 1 saturated heterocycles. The van der Waals surface area contributed by atoms with Crippen molar-refractivity contribution < 1.29 is 44.3 Å². The van der Waals surface area contributed by atoms with Crippen LogP contribution in [0.15, 0.2) is 24.0 Å². The van der Waals surface area contributed by atoms with Crippen molar-refractivity contribution in [1.29, 1.82) is 0 Å². The van der Waals surface area contributed by atoms with Crippen LogP contribution in [0.5, 0.6) is 5.75 Å². The zero-order chi connectivity index (χ0) is 26.0. The van der Waals surface area contributed by atoms with Crippen molar-refractivity contribution in [3.8, 4) is 5.75 Å². The predicted molar refractivity (Wildman–Crippen MR) is 124 cm³/mol. The molecule has 10 nitrogen and oxygen atoms in total. The molecule has 2 aliphatic carbocycles. The van der Waals surface area contributed by atoms with Gasteiger partial charge in [0.15, 0.2) is 11.9 Å². The van der Waals surface area contributed by atoms with Crippen LogP contribution in [0.1, 0.15) is 49.3 Å². The molecule has 1 aromatic carbocycles. The minimum atomic E-state index is -1.69. The molecule has 6 atom stereocenters. The fraction of sp³-hybridized carbons (Fsp3) is 0.577. The molecule has 1 spiro atoms. The summed E-state index contributed by atoms with van der Waals surface area (Å²) in [7, 11) is 1.99. The molecule has 0 aromatic heterocycles. The van der Waals surface area contributed by atoms with Gasteiger partial charge >= 0.3 is 11.9 Å². The number of carbonyl (C=O) groups excluding carboxylic acids is 2. The molecule has 1 aromatic rings. The van der Waals surface area contributed by atoms with E-state index in [4.69, 9.17) is 14.6 Å². The third-order valence-electron chi connectivity index (χ3n) is 8.49. The third-order valence-corrected chi connectivity index (χ3v) is 8.49. The molecule has 4 N–H and O–H groups in total. The number of carboxylic acid groups (broad SMARTS) is 1. The Labute approximate surface area is 208 Å². The monoisotopic (exact) mass is 501 g/mol. The molecule has 2 bridgehead atoms. The first-order valence-corrected chi connectivity index (χ1v) is 12.2. The van der Waals surface area contributed by atoms with Crippen LogP contribution in [0.25, 0.3) is 0 Å². The molecule has 10 heteroatoms. The number of aliphatic hydroxyl groups excluding tert-OH is 2. The average Bonchev–Trinajstić information content (AvgIpc) is 3.18. The van der Waals surface area contributed by atoms with Crippen LogP contribution in [-0.4, -0.2) is 80.5 Å². The number of hydrogen-bond acceptors (Lipinski definition) is 9. The molecule has 36 heavy (non-hydrogen) atoms. The lowest BCUT2D eigenvalue weighted by molar-refractivity contribution is -0.170. The summed E-state index contributed by atoms with van der Waals surface area (Å²) in [4.78, 5) is 38.1. The number of likely N-dealkylation sites (tertiary alicyclic amines) is 1. The Kier molecular flexibility index (Phi) is 5.98. The van der Waals surface area contributed by atoms with Crippen molar-refractivity contribution in [2.45, 2.75) is 74.9 Å². The highest BCUT2D eigenvalue weighted by Gasteiger charge is 2.71. The molecule has 2 unspecified atom stereocenters. The summed E-state index contributed by atoms with van der Waals surface area (Å²) >= 11 is 0. The first-order valence-electron chi connectivity index (χ1n) is 12.2. The van der Waals surface area contributed by atoms with E-state index in [1.807, 2.05) is 19.2 Å². The maximum Gasteiger partial charge on any atom is 0.314 e. The Morgan fingerprint density at radius 1 is 1.28 bits per heavy atom. The Bertz CT molecular complexity index is 1160. The standard InChI is InChI=1S/C26H31NO9/c1-13(9-16(29)17(30)11-20(31)32)24(33)35-18-5-6-26(34)19-10-14-3-4-15(12-28)22-21(14)25(26,23(18)36-22)7-8-27(19)2/h3-5,13,17,19,23,28,30,34H,6-12H2,1-2H3,(H,31,32)/t13-,17+,19-,23?,25?,26-/m1/s1. The molecule has 1 fully saturated rings. The summed E-state index contributed by atoms with van der Waals surface area (Å²) in [5.74, 6) is -2.91. The number of aliphatic hydroxyl groups is 3. The van der Waals surface area contributed by atoms with Crippen molar-refractivity contribution in [3.05, 3.63) is 40.7 Å². The van der Waals surface area contributed by atoms with Gasteiger partial charge in [-0.05, 0) is 38.1 Å². The topological polar surface area (TPSA) is 154 Å². The normalized spacial score (nSPS) is 31.5. The smallest absolute Gasteiger partial charge is 0.314 e. The van der Waals surface area contributed by atoms with Gasteiger partial charge in [0.25, 0.3) is 0 Å². The number of benzene rings is 1. The number of ketones is 1. The van der Waals surface area contributed by atoms with Crippen LogP contribution >= 0.6 is 0 Å². The Balaban J connectivity index is 1.45. The summed E-state index contributed by atoms with van der Waals surface area (Å²) in [6.07, 6.45) is -0.437. The SMILES string of the molecule is C[C@H](CC(=O)[C@@H](O)CC(=O)O)C(=O)OC1=CC[C@@]2(O)[C@H]3Cc4ccc(CO)c5c4C2(CCN3C)C1O5. The van der Waals surface area contributed by atoms with Crippen LogP contribution in [0.3, 0.4) is 0 Å². The maximum absolute atomic E-state index is 13.0. The van der Waals surface area contributed by atoms with E-state index in [9.17, 15) is 29.7 Å². The lowest BCUT2D eigenvalue weighted by Crippen LogP contribution is -2.74. The van der Waals surface area contributed by atoms with Gasteiger partial charge < -0.3 is 34.8 Å². The summed E-state index contributed by atoms with van der Waals surface area (Å²) in [5, 5.41) is 40.7. The number of nitrogens with zero attached hydrogens (tertiary/aromatic N) is 1. The largest absolute Gasteiger partial charge is 0.481 e. The number of ether oxygens (including phenoxy) is 2. The molecule has 2 aliphatic heterocycles. The van der Waals surface area contributed by atoms with Crippen molar-refractivity contribution in [3.63, 3.8) is 0 Å². The Hall–Kier alpha value is -2.79. The number of carbonyl (C=O) groups is 3. The van der Waals surface area contributed by atoms with E-state index in [-0.39, 0.29) is 31.2 Å². The van der Waals surface area contributed by atoms with Gasteiger partial charge in [0, 0.05) is 30.0 Å². The Morgan fingerprint density at radius 2 is 2.03 bits per heavy atom. The number of hydrogen-bond donors (Lipinski definition) is 4. The second kappa shape index (κ2) is 8.65. The first kappa shape index (κ1) is 24.9. The second-order valence-corrected chi connectivity index (χ2v) is 10.5. The molecule has 5 rings (SSSR count). The molecule has 4 aliphatic rings. The first-order chi connectivity index (χ1) is 17.0. The van der Waals surface area contributed by atoms with Gasteiger partial charge in [-0.15, -0.1) is 0 Å². The van der Waals surface area contributed by atoms with Crippen LogP contribution < -0.4 is 4.74 Å². The fourth-order valence-electron chi connectivity index (χ4n) is 6.65. The van der Waals surface area contributed by atoms with Crippen molar-refractivity contribution in [1.82, 2.24) is 4.90 Å². The zero-order valence-electron chi connectivity index (χ0n) is 20.3. The highest BCUT2D eigenvalue weighted by Crippen LogP contribution is 2.64. The quantitative estimate of drug-likeness (QED) is 0.369. The lowest BCUT2D eigenvalue weighted by atomic mass is 9.50. The van der Waals surface area contributed by atoms with Gasteiger partial charge in [-0.1, -0.05) is 19.1 Å². The molecule has 0 radical (unpaired) electrons. The molecule has 0 saturated carbocycles. The van der Waals surface area contributed by atoms with Crippen molar-refractivity contribution >= 4 is 17.7 Å². The third kappa shape index (κ3) is 3.42. The summed E-state index contributed by atoms with van der Waals surface area (Å²) in [5.41, 5.74) is 0.529. The van der Waals surface area contributed by atoms with E-state index in [1.54, 1.807) is 6.08 Å². The summed E-state index contributed by atoms with van der Waals surface area (Å²) in [6, 6.07) is 3.65. The predicted octanol–water partition coefficient (Wildman–Crippen LogP) is 0.431. The molecule has 0 amide bonds. The van der Waals surface area contributed by atoms with Gasteiger partial charge in [-0.2, -0.15) is 0 Å². The van der Waals surface area contributed by atoms with E-state index in [2.05, 4.69) is 4.90 Å². The van der Waals surface area contributed by atoms with E-state index in [0.717, 1.165) is 11.1 Å². The summed E-state index contributed by atoms with van der Waals surface area (Å²) < 4.78 is 12.2. The molecular weight excluding hydrogens is 470 g/mol. The highest BCUT2D eigenvalue weighted by atomic mass is 16.6. The zero-order valence-corrected chi connectivity index (χ0v) is 20.3. The minimum absolute atomic E-state index is 0.156. The number of likely N-dealkylation sites (N-methyl/N-ethyl adjacent to an activating group) is 1. The van der Waals surface area contributed by atoms with Crippen LogP contribution in [0, 0.1) is 5.92 Å². The van der Waals surface area contributed by atoms with Crippen molar-refractivity contribution in [2.24, 2.45) is 5.92 Å². The molecule has 194 valence electrons. The highest BCUT2D eigenvalue weighted by molar-refractivity contribution is 5.90. The van der Waals surface area contributed by atoms with Gasteiger partial charge in [0.05, 0.1) is 30.0 Å². The van der Waals surface area contributed by atoms with Crippen molar-refractivity contribution in [2.75, 3.05) is 13.6 Å². The van der Waals surface area contributed by atoms with Crippen LogP contribution in [0.4, 0.5) is 0 Å². The lowest BCUT2D eigenvalue weighted by Gasteiger charge is -2.61. The summed E-state index contributed by atoms with van der Waals surface area (Å²) in [6.45, 7) is 1.96. The number of piperidine rings is 1. The van der Waals surface area contributed by atoms with E-state index >= 15 is 0 Å². The van der Waals surface area contributed by atoms with Gasteiger partial charge in [0.2, 0.25) is 0 Å². The van der Waals surface area contributed by atoms with Gasteiger partial charge in [0.1, 0.15) is 17.6 Å². The fourth-order valence-corrected chi connectivity index (χ4v) is 6.65.